The van der Waals surface area contributed by atoms with Crippen LogP contribution in [0.3, 0.4) is 0 Å². The van der Waals surface area contributed by atoms with Crippen LogP contribution in [0, 0.1) is 0 Å². The summed E-state index contributed by atoms with van der Waals surface area (Å²) >= 11 is 4.26. The Morgan fingerprint density at radius 1 is 1.60 bits per heavy atom. The molecule has 1 N–H and O–H groups in total. The Morgan fingerprint density at radius 2 is 2.20 bits per heavy atom. The minimum atomic E-state index is 0.897. The molecule has 0 atom stereocenters. The van der Waals surface area contributed by atoms with E-state index in [4.69, 9.17) is 0 Å². The van der Waals surface area contributed by atoms with Gasteiger partial charge in [-0.05, 0) is 51.3 Å². The van der Waals surface area contributed by atoms with Crippen LogP contribution >= 0.6 is 45.2 Å². The predicted octanol–water partition coefficient (Wildman–Crippen LogP) is 2.46. The molecule has 0 aromatic rings. The van der Waals surface area contributed by atoms with Crippen molar-refractivity contribution in [2.45, 2.75) is 0 Å². The van der Waals surface area contributed by atoms with Crippen molar-refractivity contribution in [2.75, 3.05) is 7.05 Å². The van der Waals surface area contributed by atoms with Crippen molar-refractivity contribution in [3.63, 3.8) is 0 Å². The Labute approximate surface area is 88.2 Å². The third kappa shape index (κ3) is 5.21. The molecule has 0 radical (unpaired) electrons. The SMILES string of the molecule is C=CC(I)=N/C(I)=C\NC. The molecule has 0 fully saturated rings. The van der Waals surface area contributed by atoms with E-state index in [2.05, 4.69) is 62.1 Å². The van der Waals surface area contributed by atoms with Crippen LogP contribution in [0.15, 0.2) is 27.6 Å². The number of rotatable bonds is 3. The Kier molecular flexibility index (Phi) is 6.39. The number of allylic oxidation sites excluding steroid dienone is 1. The molecule has 0 aromatic carbocycles. The molecule has 0 aliphatic rings. The second-order valence-electron chi connectivity index (χ2n) is 1.39. The summed E-state index contributed by atoms with van der Waals surface area (Å²) in [6, 6.07) is 0. The lowest BCUT2D eigenvalue weighted by Crippen LogP contribution is -1.92. The summed E-state index contributed by atoms with van der Waals surface area (Å²) in [6.45, 7) is 3.58. The first-order chi connectivity index (χ1) is 4.70. The van der Waals surface area contributed by atoms with Crippen LogP contribution in [0.25, 0.3) is 0 Å². The molecule has 10 heavy (non-hydrogen) atoms. The standard InChI is InChI=1S/C6H8I2N2/c1-3-5(7)10-6(8)4-9-2/h3-4,9H,1H2,2H3/b6-4-,10-5?. The molecule has 0 aliphatic heterocycles. The molecule has 4 heteroatoms. The molecule has 2 nitrogen and oxygen atoms in total. The van der Waals surface area contributed by atoms with E-state index in [9.17, 15) is 0 Å². The third-order valence-electron chi connectivity index (χ3n) is 0.645. The van der Waals surface area contributed by atoms with Gasteiger partial charge in [-0.3, -0.25) is 0 Å². The molecule has 56 valence electrons. The lowest BCUT2D eigenvalue weighted by atomic mass is 10.7. The van der Waals surface area contributed by atoms with Gasteiger partial charge in [0.05, 0.1) is 0 Å². The van der Waals surface area contributed by atoms with Gasteiger partial charge < -0.3 is 5.32 Å². The third-order valence-corrected chi connectivity index (χ3v) is 1.88. The van der Waals surface area contributed by atoms with Gasteiger partial charge in [-0.15, -0.1) is 0 Å². The molecule has 0 rings (SSSR count). The highest BCUT2D eigenvalue weighted by Gasteiger charge is 1.86. The van der Waals surface area contributed by atoms with E-state index in [1.807, 2.05) is 13.2 Å². The number of hydrogen-bond acceptors (Lipinski definition) is 2. The van der Waals surface area contributed by atoms with Crippen LogP contribution in [-0.4, -0.2) is 10.8 Å². The van der Waals surface area contributed by atoms with Gasteiger partial charge in [-0.2, -0.15) is 0 Å². The Bertz CT molecular complexity index is 173. The van der Waals surface area contributed by atoms with E-state index >= 15 is 0 Å². The fourth-order valence-electron chi connectivity index (χ4n) is 0.299. The van der Waals surface area contributed by atoms with E-state index in [1.165, 1.54) is 0 Å². The summed E-state index contributed by atoms with van der Waals surface area (Å²) in [5, 5.41) is 2.88. The molecule has 0 spiro atoms. The number of hydrogen-bond donors (Lipinski definition) is 1. The van der Waals surface area contributed by atoms with E-state index in [1.54, 1.807) is 6.08 Å². The van der Waals surface area contributed by atoms with Crippen molar-refractivity contribution in [2.24, 2.45) is 4.99 Å². The van der Waals surface area contributed by atoms with Gasteiger partial charge in [-0.25, -0.2) is 4.99 Å². The van der Waals surface area contributed by atoms with Crippen molar-refractivity contribution in [3.05, 3.63) is 22.6 Å². The molecule has 0 saturated heterocycles. The first-order valence-corrected chi connectivity index (χ1v) is 4.76. The highest BCUT2D eigenvalue weighted by Crippen LogP contribution is 2.08. The Hall–Kier alpha value is 0.410. The molecule has 0 saturated carbocycles. The molecule has 0 unspecified atom stereocenters. The first kappa shape index (κ1) is 10.4. The fraction of sp³-hybridized carbons (Fsp3) is 0.167. The summed E-state index contributed by atoms with van der Waals surface area (Å²) in [5.41, 5.74) is 0. The van der Waals surface area contributed by atoms with Crippen LogP contribution in [0.2, 0.25) is 0 Å². The zero-order valence-electron chi connectivity index (χ0n) is 5.56. The van der Waals surface area contributed by atoms with E-state index in [-0.39, 0.29) is 0 Å². The summed E-state index contributed by atoms with van der Waals surface area (Å²) in [5.74, 6) is 0. The highest BCUT2D eigenvalue weighted by atomic mass is 127. The van der Waals surface area contributed by atoms with E-state index in [0.717, 1.165) is 7.42 Å². The zero-order chi connectivity index (χ0) is 7.98. The number of nitrogens with one attached hydrogen (secondary N) is 1. The van der Waals surface area contributed by atoms with Crippen molar-refractivity contribution in [1.82, 2.24) is 5.32 Å². The van der Waals surface area contributed by atoms with Crippen LogP contribution in [0.4, 0.5) is 0 Å². The van der Waals surface area contributed by atoms with Crippen molar-refractivity contribution in [1.29, 1.82) is 0 Å². The lowest BCUT2D eigenvalue weighted by Gasteiger charge is -1.90. The monoisotopic (exact) mass is 362 g/mol. The Balaban J connectivity index is 4.11. The van der Waals surface area contributed by atoms with Crippen molar-refractivity contribution < 1.29 is 0 Å². The van der Waals surface area contributed by atoms with E-state index < -0.39 is 0 Å². The average molecular weight is 362 g/mol. The van der Waals surface area contributed by atoms with Gasteiger partial charge in [0, 0.05) is 13.2 Å². The van der Waals surface area contributed by atoms with Gasteiger partial charge in [0.1, 0.15) is 7.42 Å². The van der Waals surface area contributed by atoms with Crippen LogP contribution < -0.4 is 5.32 Å². The van der Waals surface area contributed by atoms with Crippen molar-refractivity contribution in [3.8, 4) is 0 Å². The average Bonchev–Trinajstić information content (AvgIpc) is 1.88. The van der Waals surface area contributed by atoms with Gasteiger partial charge in [0.25, 0.3) is 0 Å². The molecule has 0 aromatic heterocycles. The fourth-order valence-corrected chi connectivity index (χ4v) is 1.59. The van der Waals surface area contributed by atoms with Crippen LogP contribution in [0.1, 0.15) is 0 Å². The number of halogens is 2. The van der Waals surface area contributed by atoms with Gasteiger partial charge >= 0.3 is 0 Å². The molecular weight excluding hydrogens is 354 g/mol. The van der Waals surface area contributed by atoms with Crippen LogP contribution in [-0.2, 0) is 0 Å². The zero-order valence-corrected chi connectivity index (χ0v) is 9.88. The largest absolute Gasteiger partial charge is 0.392 e. The molecule has 0 amide bonds. The first-order valence-electron chi connectivity index (χ1n) is 2.60. The smallest absolute Gasteiger partial charge is 0.118 e. The number of aliphatic imine (C=N–C) groups is 1. The van der Waals surface area contributed by atoms with Gasteiger partial charge in [0.15, 0.2) is 0 Å². The van der Waals surface area contributed by atoms with Crippen molar-refractivity contribution >= 4 is 48.9 Å². The number of nitrogens with zero attached hydrogens (tertiary/aromatic N) is 1. The quantitative estimate of drug-likeness (QED) is 0.466. The summed E-state index contributed by atoms with van der Waals surface area (Å²) in [6.07, 6.45) is 3.53. The topological polar surface area (TPSA) is 24.4 Å². The maximum absolute atomic E-state index is 4.16. The highest BCUT2D eigenvalue weighted by molar-refractivity contribution is 14.1. The maximum Gasteiger partial charge on any atom is 0.118 e. The summed E-state index contributed by atoms with van der Waals surface area (Å²) < 4.78 is 1.82. The minimum absolute atomic E-state index is 0.897. The normalized spacial score (nSPS) is 13.1. The summed E-state index contributed by atoms with van der Waals surface area (Å²) in [7, 11) is 1.84. The maximum atomic E-state index is 4.16. The second-order valence-corrected chi connectivity index (χ2v) is 3.60. The van der Waals surface area contributed by atoms with Gasteiger partial charge in [-0.1, -0.05) is 6.58 Å². The van der Waals surface area contributed by atoms with E-state index in [0.29, 0.717) is 0 Å². The predicted molar refractivity (Wildman–Crippen MR) is 62.8 cm³/mol. The molecular formula is C6H8I2N2. The second kappa shape index (κ2) is 6.14. The van der Waals surface area contributed by atoms with Crippen LogP contribution in [0.5, 0.6) is 0 Å². The minimum Gasteiger partial charge on any atom is -0.392 e. The molecule has 0 bridgehead atoms. The Morgan fingerprint density at radius 3 is 2.60 bits per heavy atom. The summed E-state index contributed by atoms with van der Waals surface area (Å²) in [4.78, 5) is 4.16. The molecule has 0 aliphatic carbocycles. The molecule has 0 heterocycles. The lowest BCUT2D eigenvalue weighted by molar-refractivity contribution is 1.09. The van der Waals surface area contributed by atoms with Gasteiger partial charge in [0.2, 0.25) is 0 Å².